The Labute approximate surface area is 148 Å². The standard InChI is InChI=1S/C17H30N2O6/c1-3-11(4-2)17(23)18-10-13-16(22)15(21)12(25-13)9-14(20)19-5-7-24-8-6-19/h11-13,15-16,21-22H,3-10H2,1-2H3,(H,18,23)/t12-,13+,15-,16+/m0/s1. The molecule has 2 aliphatic rings. The molecule has 8 heteroatoms. The minimum Gasteiger partial charge on any atom is -0.388 e. The molecule has 0 aromatic rings. The second kappa shape index (κ2) is 9.47. The Bertz CT molecular complexity index is 450. The summed E-state index contributed by atoms with van der Waals surface area (Å²) in [6.07, 6.45) is -2.23. The summed E-state index contributed by atoms with van der Waals surface area (Å²) in [6, 6.07) is 0. The van der Waals surface area contributed by atoms with Crippen molar-refractivity contribution in [1.82, 2.24) is 10.2 Å². The van der Waals surface area contributed by atoms with Crippen molar-refractivity contribution >= 4 is 11.8 Å². The van der Waals surface area contributed by atoms with E-state index in [9.17, 15) is 19.8 Å². The summed E-state index contributed by atoms with van der Waals surface area (Å²) in [5.41, 5.74) is 0. The number of amides is 2. The van der Waals surface area contributed by atoms with Crippen molar-refractivity contribution < 1.29 is 29.3 Å². The van der Waals surface area contributed by atoms with Gasteiger partial charge in [-0.05, 0) is 12.8 Å². The molecule has 0 unspecified atom stereocenters. The lowest BCUT2D eigenvalue weighted by Crippen LogP contribution is -2.43. The van der Waals surface area contributed by atoms with E-state index in [0.717, 1.165) is 12.8 Å². The Morgan fingerprint density at radius 1 is 1.12 bits per heavy atom. The molecule has 2 amide bonds. The quantitative estimate of drug-likeness (QED) is 0.554. The fraction of sp³-hybridized carbons (Fsp3) is 0.882. The number of aliphatic hydroxyl groups is 2. The Morgan fingerprint density at radius 3 is 2.32 bits per heavy atom. The van der Waals surface area contributed by atoms with Crippen LogP contribution in [-0.2, 0) is 19.1 Å². The predicted molar refractivity (Wildman–Crippen MR) is 89.8 cm³/mol. The van der Waals surface area contributed by atoms with E-state index in [0.29, 0.717) is 26.3 Å². The summed E-state index contributed by atoms with van der Waals surface area (Å²) in [4.78, 5) is 26.0. The first-order valence-corrected chi connectivity index (χ1v) is 9.12. The molecule has 2 fully saturated rings. The van der Waals surface area contributed by atoms with Crippen LogP contribution in [0, 0.1) is 5.92 Å². The third-order valence-corrected chi connectivity index (χ3v) is 5.03. The van der Waals surface area contributed by atoms with Crippen LogP contribution in [-0.4, -0.2) is 84.2 Å². The molecule has 0 saturated carbocycles. The molecule has 2 aliphatic heterocycles. The van der Waals surface area contributed by atoms with Crippen molar-refractivity contribution in [2.75, 3.05) is 32.8 Å². The molecule has 0 spiro atoms. The highest BCUT2D eigenvalue weighted by molar-refractivity contribution is 5.78. The van der Waals surface area contributed by atoms with Crippen molar-refractivity contribution in [2.45, 2.75) is 57.5 Å². The monoisotopic (exact) mass is 358 g/mol. The third kappa shape index (κ3) is 5.13. The Kier molecular flexibility index (Phi) is 7.61. The third-order valence-electron chi connectivity index (χ3n) is 5.03. The summed E-state index contributed by atoms with van der Waals surface area (Å²) in [7, 11) is 0. The lowest BCUT2D eigenvalue weighted by molar-refractivity contribution is -0.139. The van der Waals surface area contributed by atoms with Crippen LogP contribution >= 0.6 is 0 Å². The van der Waals surface area contributed by atoms with Gasteiger partial charge in [-0.1, -0.05) is 13.8 Å². The van der Waals surface area contributed by atoms with Crippen molar-refractivity contribution in [3.05, 3.63) is 0 Å². The van der Waals surface area contributed by atoms with Gasteiger partial charge in [0.15, 0.2) is 0 Å². The lowest BCUT2D eigenvalue weighted by atomic mass is 10.0. The number of carbonyl (C=O) groups is 2. The molecular weight excluding hydrogens is 328 g/mol. The highest BCUT2D eigenvalue weighted by Crippen LogP contribution is 2.24. The highest BCUT2D eigenvalue weighted by Gasteiger charge is 2.44. The van der Waals surface area contributed by atoms with Crippen LogP contribution in [0.1, 0.15) is 33.1 Å². The number of aliphatic hydroxyl groups excluding tert-OH is 2. The van der Waals surface area contributed by atoms with Gasteiger partial charge in [0.05, 0.1) is 25.7 Å². The zero-order chi connectivity index (χ0) is 18.4. The maximum absolute atomic E-state index is 12.3. The zero-order valence-electron chi connectivity index (χ0n) is 15.0. The maximum Gasteiger partial charge on any atom is 0.225 e. The van der Waals surface area contributed by atoms with Gasteiger partial charge in [-0.3, -0.25) is 9.59 Å². The molecule has 2 heterocycles. The number of hydrogen-bond donors (Lipinski definition) is 3. The molecule has 0 aromatic carbocycles. The molecule has 0 aliphatic carbocycles. The fourth-order valence-corrected chi connectivity index (χ4v) is 3.28. The number of nitrogens with one attached hydrogen (secondary N) is 1. The van der Waals surface area contributed by atoms with Gasteiger partial charge in [-0.2, -0.15) is 0 Å². The summed E-state index contributed by atoms with van der Waals surface area (Å²) < 4.78 is 10.9. The van der Waals surface area contributed by atoms with Crippen LogP contribution in [0.3, 0.4) is 0 Å². The van der Waals surface area contributed by atoms with Crippen LogP contribution in [0.4, 0.5) is 0 Å². The summed E-state index contributed by atoms with van der Waals surface area (Å²) in [5.74, 6) is -0.272. The molecule has 2 saturated heterocycles. The van der Waals surface area contributed by atoms with Crippen LogP contribution < -0.4 is 5.32 Å². The first kappa shape index (κ1) is 20.1. The molecule has 25 heavy (non-hydrogen) atoms. The van der Waals surface area contributed by atoms with Gasteiger partial charge < -0.3 is 29.9 Å². The average Bonchev–Trinajstić information content (AvgIpc) is 2.89. The zero-order valence-corrected chi connectivity index (χ0v) is 15.0. The van der Waals surface area contributed by atoms with Crippen LogP contribution in [0.15, 0.2) is 0 Å². The molecule has 0 bridgehead atoms. The minimum atomic E-state index is -1.14. The van der Waals surface area contributed by atoms with Gasteiger partial charge in [0.2, 0.25) is 11.8 Å². The maximum atomic E-state index is 12.3. The highest BCUT2D eigenvalue weighted by atomic mass is 16.5. The van der Waals surface area contributed by atoms with E-state index in [1.165, 1.54) is 0 Å². The first-order valence-electron chi connectivity index (χ1n) is 9.12. The summed E-state index contributed by atoms with van der Waals surface area (Å²) >= 11 is 0. The molecule has 144 valence electrons. The molecule has 4 atom stereocenters. The fourth-order valence-electron chi connectivity index (χ4n) is 3.28. The average molecular weight is 358 g/mol. The van der Waals surface area contributed by atoms with E-state index < -0.39 is 24.4 Å². The van der Waals surface area contributed by atoms with Crippen molar-refractivity contribution in [1.29, 1.82) is 0 Å². The number of rotatable bonds is 7. The first-order chi connectivity index (χ1) is 12.0. The van der Waals surface area contributed by atoms with E-state index in [1.807, 2.05) is 13.8 Å². The van der Waals surface area contributed by atoms with Crippen LogP contribution in [0.2, 0.25) is 0 Å². The number of ether oxygens (including phenoxy) is 2. The number of morpholine rings is 1. The number of nitrogens with zero attached hydrogens (tertiary/aromatic N) is 1. The summed E-state index contributed by atoms with van der Waals surface area (Å²) in [5, 5.41) is 23.1. The normalized spacial score (nSPS) is 29.9. The van der Waals surface area contributed by atoms with E-state index in [-0.39, 0.29) is 30.7 Å². The summed E-state index contributed by atoms with van der Waals surface area (Å²) in [6.45, 7) is 6.09. The van der Waals surface area contributed by atoms with Crippen LogP contribution in [0.5, 0.6) is 0 Å². The van der Waals surface area contributed by atoms with E-state index in [2.05, 4.69) is 5.32 Å². The van der Waals surface area contributed by atoms with Crippen molar-refractivity contribution in [2.24, 2.45) is 5.92 Å². The smallest absolute Gasteiger partial charge is 0.225 e. The van der Waals surface area contributed by atoms with Crippen molar-refractivity contribution in [3.63, 3.8) is 0 Å². The minimum absolute atomic E-state index is 0.00914. The molecule has 8 nitrogen and oxygen atoms in total. The van der Waals surface area contributed by atoms with Gasteiger partial charge in [0.25, 0.3) is 0 Å². The van der Waals surface area contributed by atoms with Crippen molar-refractivity contribution in [3.8, 4) is 0 Å². The van der Waals surface area contributed by atoms with Gasteiger partial charge >= 0.3 is 0 Å². The van der Waals surface area contributed by atoms with E-state index in [4.69, 9.17) is 9.47 Å². The number of carbonyl (C=O) groups excluding carboxylic acids is 2. The molecule has 3 N–H and O–H groups in total. The van der Waals surface area contributed by atoms with Crippen LogP contribution in [0.25, 0.3) is 0 Å². The molecule has 0 radical (unpaired) electrons. The predicted octanol–water partition coefficient (Wildman–Crippen LogP) is -0.723. The Morgan fingerprint density at radius 2 is 1.72 bits per heavy atom. The van der Waals surface area contributed by atoms with Gasteiger partial charge in [-0.25, -0.2) is 0 Å². The number of hydrogen-bond acceptors (Lipinski definition) is 6. The van der Waals surface area contributed by atoms with Gasteiger partial charge in [-0.15, -0.1) is 0 Å². The van der Waals surface area contributed by atoms with Gasteiger partial charge in [0, 0.05) is 25.6 Å². The second-order valence-electron chi connectivity index (χ2n) is 6.65. The second-order valence-corrected chi connectivity index (χ2v) is 6.65. The molecule has 0 aromatic heterocycles. The topological polar surface area (TPSA) is 108 Å². The largest absolute Gasteiger partial charge is 0.388 e. The molecular formula is C17H30N2O6. The lowest BCUT2D eigenvalue weighted by Gasteiger charge is -2.28. The van der Waals surface area contributed by atoms with Gasteiger partial charge in [0.1, 0.15) is 18.3 Å². The van der Waals surface area contributed by atoms with E-state index >= 15 is 0 Å². The molecule has 2 rings (SSSR count). The van der Waals surface area contributed by atoms with E-state index in [1.54, 1.807) is 4.90 Å². The SMILES string of the molecule is CCC(CC)C(=O)NC[C@H]1O[C@@H](CC(=O)N2CCOCC2)[C@H](O)[C@@H]1O. The Balaban J connectivity index is 1.83. The Hall–Kier alpha value is -1.22.